The highest BCUT2D eigenvalue weighted by Crippen LogP contribution is 2.58. The zero-order valence-corrected chi connectivity index (χ0v) is 22.9. The number of benzene rings is 1. The molecule has 9 rings (SSSR count). The van der Waals surface area contributed by atoms with E-state index in [2.05, 4.69) is 52.5 Å². The van der Waals surface area contributed by atoms with Gasteiger partial charge in [-0.25, -0.2) is 0 Å². The number of hydrogen-bond donors (Lipinski definition) is 0. The van der Waals surface area contributed by atoms with E-state index in [1.807, 2.05) is 0 Å². The summed E-state index contributed by atoms with van der Waals surface area (Å²) in [5.41, 5.74) is 3.07. The number of aromatic nitrogens is 3. The van der Waals surface area contributed by atoms with Crippen LogP contribution in [0.15, 0.2) is 39.4 Å². The maximum atomic E-state index is 14.0. The molecule has 2 heterocycles. The molecule has 1 aromatic carbocycles. The van der Waals surface area contributed by atoms with Crippen molar-refractivity contribution in [3.8, 4) is 11.3 Å². The Morgan fingerprint density at radius 3 is 2.38 bits per heavy atom. The minimum Gasteiger partial charge on any atom is -0.360 e. The standard InChI is InChI=1S/C32H38N4O3/c1-20-15-24(16-20)29(37)36(25-4-2-3-23(17-25)26-18-27(38-34-26)21-5-6-21)19-31-9-12-32(13-10-31,14-11-31)30-33-28(35-39-30)22-7-8-22/h2-4,17-18,20-22,24H,5-16,19H2,1H3. The first-order valence-corrected chi connectivity index (χ1v) is 15.2. The molecule has 7 heteroatoms. The average Bonchev–Trinajstić information content (AvgIpc) is 3.89. The van der Waals surface area contributed by atoms with Gasteiger partial charge in [-0.2, -0.15) is 4.98 Å². The van der Waals surface area contributed by atoms with E-state index in [0.29, 0.717) is 23.7 Å². The number of hydrogen-bond acceptors (Lipinski definition) is 6. The number of nitrogens with zero attached hydrogens (tertiary/aromatic N) is 4. The monoisotopic (exact) mass is 526 g/mol. The summed E-state index contributed by atoms with van der Waals surface area (Å²) >= 11 is 0. The Kier molecular flexibility index (Phi) is 5.37. The molecule has 3 aromatic rings. The van der Waals surface area contributed by atoms with E-state index in [1.165, 1.54) is 25.7 Å². The molecule has 0 radical (unpaired) electrons. The van der Waals surface area contributed by atoms with Gasteiger partial charge >= 0.3 is 0 Å². The van der Waals surface area contributed by atoms with Crippen molar-refractivity contribution in [2.45, 2.75) is 101 Å². The van der Waals surface area contributed by atoms with Crippen LogP contribution in [0.3, 0.4) is 0 Å². The third-order valence-electron chi connectivity index (χ3n) is 10.7. The van der Waals surface area contributed by atoms with Crippen LogP contribution >= 0.6 is 0 Å². The van der Waals surface area contributed by atoms with Gasteiger partial charge in [0.2, 0.25) is 11.8 Å². The zero-order chi connectivity index (χ0) is 26.2. The highest BCUT2D eigenvalue weighted by molar-refractivity contribution is 5.96. The Balaban J connectivity index is 1.05. The van der Waals surface area contributed by atoms with Crippen molar-refractivity contribution in [2.75, 3.05) is 11.4 Å². The predicted octanol–water partition coefficient (Wildman–Crippen LogP) is 7.15. The summed E-state index contributed by atoms with van der Waals surface area (Å²) in [5, 5.41) is 8.70. The van der Waals surface area contributed by atoms with Crippen LogP contribution in [0.2, 0.25) is 0 Å². The third-order valence-corrected chi connectivity index (χ3v) is 10.7. The van der Waals surface area contributed by atoms with E-state index >= 15 is 0 Å². The predicted molar refractivity (Wildman–Crippen MR) is 146 cm³/mol. The molecular formula is C32H38N4O3. The molecule has 2 aromatic heterocycles. The molecule has 6 aliphatic carbocycles. The fourth-order valence-corrected chi connectivity index (χ4v) is 7.55. The molecule has 0 saturated heterocycles. The first-order chi connectivity index (χ1) is 19.0. The number of carbonyl (C=O) groups is 1. The summed E-state index contributed by atoms with van der Waals surface area (Å²) < 4.78 is 11.5. The molecule has 0 spiro atoms. The fourth-order valence-electron chi connectivity index (χ4n) is 7.55. The van der Waals surface area contributed by atoms with E-state index in [1.54, 1.807) is 0 Å². The Bertz CT molecular complexity index is 1370. The van der Waals surface area contributed by atoms with Crippen molar-refractivity contribution >= 4 is 11.6 Å². The molecule has 0 aliphatic heterocycles. The van der Waals surface area contributed by atoms with Gasteiger partial charge in [-0.05, 0) is 101 Å². The van der Waals surface area contributed by atoms with Crippen LogP contribution in [0.4, 0.5) is 5.69 Å². The lowest BCUT2D eigenvalue weighted by Crippen LogP contribution is -2.52. The molecule has 6 saturated carbocycles. The first kappa shape index (κ1) is 23.9. The van der Waals surface area contributed by atoms with Crippen LogP contribution < -0.4 is 4.90 Å². The normalized spacial score (nSPS) is 31.7. The van der Waals surface area contributed by atoms with Gasteiger partial charge in [0.15, 0.2) is 5.82 Å². The zero-order valence-electron chi connectivity index (χ0n) is 22.9. The van der Waals surface area contributed by atoms with Gasteiger partial charge in [-0.1, -0.05) is 29.4 Å². The van der Waals surface area contributed by atoms with Crippen molar-refractivity contribution in [1.82, 2.24) is 15.3 Å². The number of fused-ring (bicyclic) bond motifs is 3. The van der Waals surface area contributed by atoms with Crippen LogP contribution in [-0.2, 0) is 10.2 Å². The summed E-state index contributed by atoms with van der Waals surface area (Å²) in [6.45, 7) is 3.04. The van der Waals surface area contributed by atoms with Gasteiger partial charge in [0, 0.05) is 47.0 Å². The lowest BCUT2D eigenvalue weighted by Gasteiger charge is -2.53. The molecule has 39 heavy (non-hydrogen) atoms. The Labute approximate surface area is 229 Å². The molecule has 7 nitrogen and oxygen atoms in total. The maximum absolute atomic E-state index is 14.0. The molecule has 204 valence electrons. The van der Waals surface area contributed by atoms with Gasteiger partial charge in [-0.15, -0.1) is 0 Å². The molecule has 0 atom stereocenters. The molecule has 0 N–H and O–H groups in total. The summed E-state index contributed by atoms with van der Waals surface area (Å²) in [4.78, 5) is 21.0. The lowest BCUT2D eigenvalue weighted by molar-refractivity contribution is -0.126. The molecule has 1 amide bonds. The van der Waals surface area contributed by atoms with E-state index in [0.717, 1.165) is 92.3 Å². The topological polar surface area (TPSA) is 85.3 Å². The highest BCUT2D eigenvalue weighted by atomic mass is 16.5. The van der Waals surface area contributed by atoms with Crippen LogP contribution in [0.25, 0.3) is 11.3 Å². The Morgan fingerprint density at radius 1 is 0.949 bits per heavy atom. The fraction of sp³-hybridized carbons (Fsp3) is 0.625. The van der Waals surface area contributed by atoms with E-state index in [4.69, 9.17) is 14.0 Å². The van der Waals surface area contributed by atoms with Gasteiger partial charge in [0.1, 0.15) is 11.5 Å². The number of anilines is 1. The third kappa shape index (κ3) is 4.23. The van der Waals surface area contributed by atoms with Crippen molar-refractivity contribution in [1.29, 1.82) is 0 Å². The second-order valence-electron chi connectivity index (χ2n) is 13.6. The molecule has 2 bridgehead atoms. The molecule has 0 unspecified atom stereocenters. The lowest BCUT2D eigenvalue weighted by atomic mass is 9.53. The Hall–Kier alpha value is -2.96. The van der Waals surface area contributed by atoms with Crippen molar-refractivity contribution < 1.29 is 13.8 Å². The quantitative estimate of drug-likeness (QED) is 0.310. The van der Waals surface area contributed by atoms with Crippen LogP contribution in [-0.4, -0.2) is 27.7 Å². The average molecular weight is 527 g/mol. The Morgan fingerprint density at radius 2 is 1.69 bits per heavy atom. The van der Waals surface area contributed by atoms with E-state index < -0.39 is 0 Å². The van der Waals surface area contributed by atoms with Gasteiger partial charge in [-0.3, -0.25) is 4.79 Å². The van der Waals surface area contributed by atoms with Crippen LogP contribution in [0.1, 0.15) is 113 Å². The van der Waals surface area contributed by atoms with Crippen molar-refractivity contribution in [2.24, 2.45) is 17.3 Å². The van der Waals surface area contributed by atoms with Crippen molar-refractivity contribution in [3.05, 3.63) is 47.8 Å². The van der Waals surface area contributed by atoms with Crippen LogP contribution in [0.5, 0.6) is 0 Å². The second-order valence-corrected chi connectivity index (χ2v) is 13.6. The first-order valence-electron chi connectivity index (χ1n) is 15.2. The van der Waals surface area contributed by atoms with Crippen LogP contribution in [0, 0.1) is 17.3 Å². The van der Waals surface area contributed by atoms with Gasteiger partial charge in [0.05, 0.1) is 0 Å². The SMILES string of the molecule is CC1CC(C(=O)N(CC23CCC(c4nc(C5CC5)no4)(CC2)CC3)c2cccc(-c3cc(C4CC4)on3)c2)C1. The largest absolute Gasteiger partial charge is 0.360 e. The number of carbonyl (C=O) groups excluding carboxylic acids is 1. The summed E-state index contributed by atoms with van der Waals surface area (Å²) in [5.74, 6) is 4.91. The summed E-state index contributed by atoms with van der Waals surface area (Å²) in [6.07, 6.45) is 13.3. The highest BCUT2D eigenvalue weighted by Gasteiger charge is 2.53. The van der Waals surface area contributed by atoms with E-state index in [9.17, 15) is 4.79 Å². The van der Waals surface area contributed by atoms with Crippen molar-refractivity contribution in [3.63, 3.8) is 0 Å². The maximum Gasteiger partial charge on any atom is 0.232 e. The molecule has 6 aliphatic rings. The minimum absolute atomic E-state index is 0.0340. The smallest absolute Gasteiger partial charge is 0.232 e. The summed E-state index contributed by atoms with van der Waals surface area (Å²) in [7, 11) is 0. The van der Waals surface area contributed by atoms with Gasteiger partial charge < -0.3 is 13.9 Å². The number of amides is 1. The minimum atomic E-state index is 0.0340. The van der Waals surface area contributed by atoms with Gasteiger partial charge in [0.25, 0.3) is 0 Å². The molecule has 6 fully saturated rings. The molecular weight excluding hydrogens is 488 g/mol. The summed E-state index contributed by atoms with van der Waals surface area (Å²) in [6, 6.07) is 10.5. The second kappa shape index (κ2) is 8.77. The van der Waals surface area contributed by atoms with E-state index in [-0.39, 0.29) is 16.7 Å². The number of rotatable bonds is 8.